The first-order chi connectivity index (χ1) is 12.0. The van der Waals surface area contributed by atoms with Gasteiger partial charge in [0.05, 0.1) is 18.2 Å². The molecule has 2 fully saturated rings. The van der Waals surface area contributed by atoms with Gasteiger partial charge in [-0.3, -0.25) is 19.2 Å². The van der Waals surface area contributed by atoms with Gasteiger partial charge in [0.25, 0.3) is 0 Å². The van der Waals surface area contributed by atoms with Gasteiger partial charge in [-0.2, -0.15) is 5.10 Å². The molecule has 1 unspecified atom stereocenters. The van der Waals surface area contributed by atoms with Gasteiger partial charge in [-0.05, 0) is 39.2 Å². The Labute approximate surface area is 148 Å². The summed E-state index contributed by atoms with van der Waals surface area (Å²) in [6.07, 6.45) is 4.05. The summed E-state index contributed by atoms with van der Waals surface area (Å²) in [6, 6.07) is 0. The lowest BCUT2D eigenvalue weighted by Gasteiger charge is -2.31. The number of piperidine rings is 1. The fraction of sp³-hybridized carbons (Fsp3) is 0.706. The molecule has 2 aliphatic heterocycles. The molecule has 0 bridgehead atoms. The summed E-state index contributed by atoms with van der Waals surface area (Å²) in [5.74, 6) is 0.404. The molecule has 8 heteroatoms. The quantitative estimate of drug-likeness (QED) is 0.806. The lowest BCUT2D eigenvalue weighted by Crippen LogP contribution is -2.44. The van der Waals surface area contributed by atoms with Crippen LogP contribution in [-0.2, 0) is 16.6 Å². The molecular weight excluding hydrogens is 320 g/mol. The average Bonchev–Trinajstić information content (AvgIpc) is 3.18. The van der Waals surface area contributed by atoms with Crippen molar-refractivity contribution >= 4 is 23.3 Å². The number of carbonyl (C=O) groups excluding carboxylic acids is 2. The van der Waals surface area contributed by atoms with Gasteiger partial charge in [-0.15, -0.1) is 0 Å². The molecule has 1 aromatic rings. The van der Waals surface area contributed by atoms with Gasteiger partial charge in [-0.1, -0.05) is 0 Å². The number of likely N-dealkylation sites (tertiary alicyclic amines) is 1. The van der Waals surface area contributed by atoms with Crippen molar-refractivity contribution in [3.63, 3.8) is 0 Å². The molecule has 2 aliphatic rings. The third-order valence-electron chi connectivity index (χ3n) is 5.23. The highest BCUT2D eigenvalue weighted by molar-refractivity contribution is 5.96. The number of aryl methyl sites for hydroxylation is 1. The molecule has 2 amide bonds. The van der Waals surface area contributed by atoms with Gasteiger partial charge < -0.3 is 16.0 Å². The molecule has 0 aliphatic carbocycles. The number of rotatable bonds is 5. The third kappa shape index (κ3) is 3.95. The second-order valence-electron chi connectivity index (χ2n) is 7.13. The third-order valence-corrected chi connectivity index (χ3v) is 5.23. The molecule has 0 aromatic carbocycles. The lowest BCUT2D eigenvalue weighted by atomic mass is 9.97. The van der Waals surface area contributed by atoms with Crippen molar-refractivity contribution in [2.24, 2.45) is 18.7 Å². The van der Waals surface area contributed by atoms with E-state index in [2.05, 4.69) is 15.3 Å². The fourth-order valence-electron chi connectivity index (χ4n) is 3.75. The van der Waals surface area contributed by atoms with E-state index in [-0.39, 0.29) is 24.3 Å². The maximum atomic E-state index is 12.8. The minimum atomic E-state index is -0.347. The van der Waals surface area contributed by atoms with Crippen LogP contribution in [0.5, 0.6) is 0 Å². The van der Waals surface area contributed by atoms with Crippen LogP contribution < -0.4 is 16.0 Å². The van der Waals surface area contributed by atoms with Crippen LogP contribution in [0.15, 0.2) is 0 Å². The van der Waals surface area contributed by atoms with Crippen LogP contribution in [0, 0.1) is 12.8 Å². The van der Waals surface area contributed by atoms with Gasteiger partial charge >= 0.3 is 0 Å². The molecule has 1 aromatic heterocycles. The number of nitrogens with zero attached hydrogens (tertiary/aromatic N) is 4. The molecule has 0 radical (unpaired) electrons. The Morgan fingerprint density at radius 3 is 2.64 bits per heavy atom. The van der Waals surface area contributed by atoms with Crippen molar-refractivity contribution in [3.05, 3.63) is 5.69 Å². The molecule has 25 heavy (non-hydrogen) atoms. The van der Waals surface area contributed by atoms with E-state index in [1.54, 1.807) is 0 Å². The summed E-state index contributed by atoms with van der Waals surface area (Å²) in [7, 11) is 1.90. The Kier molecular flexibility index (Phi) is 5.27. The second kappa shape index (κ2) is 7.43. The van der Waals surface area contributed by atoms with E-state index in [9.17, 15) is 9.59 Å². The average molecular weight is 348 g/mol. The molecule has 8 nitrogen and oxygen atoms in total. The predicted molar refractivity (Wildman–Crippen MR) is 96.4 cm³/mol. The first kappa shape index (κ1) is 17.7. The van der Waals surface area contributed by atoms with E-state index in [1.165, 1.54) is 0 Å². The number of carbonyl (C=O) groups is 2. The van der Waals surface area contributed by atoms with E-state index in [0.717, 1.165) is 62.5 Å². The molecule has 2 saturated heterocycles. The Hall–Kier alpha value is -2.09. The summed E-state index contributed by atoms with van der Waals surface area (Å²) in [5.41, 5.74) is 7.06. The monoisotopic (exact) mass is 348 g/mol. The Balaban J connectivity index is 1.71. The Bertz CT molecular complexity index is 650. The number of nitrogens with one attached hydrogen (secondary N) is 1. The van der Waals surface area contributed by atoms with Gasteiger partial charge in [0, 0.05) is 26.7 Å². The number of hydrogen-bond donors (Lipinski definition) is 2. The normalized spacial score (nSPS) is 21.5. The first-order valence-corrected chi connectivity index (χ1v) is 9.05. The smallest absolute Gasteiger partial charge is 0.231 e. The van der Waals surface area contributed by atoms with E-state index in [4.69, 9.17) is 5.73 Å². The molecule has 0 spiro atoms. The number of aromatic nitrogens is 2. The number of amides is 2. The number of nitrogens with two attached hydrogens (primary N) is 1. The predicted octanol–water partition coefficient (Wildman–Crippen LogP) is 0.465. The van der Waals surface area contributed by atoms with Crippen LogP contribution in [0.1, 0.15) is 31.4 Å². The largest absolute Gasteiger partial charge is 0.369 e. The molecule has 3 rings (SSSR count). The van der Waals surface area contributed by atoms with Crippen LogP contribution in [0.4, 0.5) is 11.5 Å². The molecular formula is C17H28N6O2. The van der Waals surface area contributed by atoms with Gasteiger partial charge in [-0.25, -0.2) is 0 Å². The summed E-state index contributed by atoms with van der Waals surface area (Å²) in [6.45, 7) is 5.55. The zero-order valence-corrected chi connectivity index (χ0v) is 15.1. The zero-order chi connectivity index (χ0) is 18.0. The minimum Gasteiger partial charge on any atom is -0.369 e. The molecule has 3 heterocycles. The Morgan fingerprint density at radius 1 is 1.24 bits per heavy atom. The van der Waals surface area contributed by atoms with Gasteiger partial charge in [0.2, 0.25) is 11.8 Å². The highest BCUT2D eigenvalue weighted by Gasteiger charge is 2.29. The summed E-state index contributed by atoms with van der Waals surface area (Å²) in [5, 5.41) is 7.71. The summed E-state index contributed by atoms with van der Waals surface area (Å²) < 4.78 is 1.82. The van der Waals surface area contributed by atoms with Crippen molar-refractivity contribution in [1.82, 2.24) is 14.7 Å². The molecule has 1 atom stereocenters. The van der Waals surface area contributed by atoms with E-state index < -0.39 is 0 Å². The standard InChI is InChI=1S/C17H28N6O2/c1-12-15(16(20-21(12)2)23-8-3-4-9-23)19-17(25)13-6-5-7-22(10-13)11-14(18)24/h13H,3-11H2,1-2H3,(H2,18,24)(H,19,25). The number of anilines is 2. The van der Waals surface area contributed by atoms with Crippen LogP contribution in [0.2, 0.25) is 0 Å². The summed E-state index contributed by atoms with van der Waals surface area (Å²) >= 11 is 0. The summed E-state index contributed by atoms with van der Waals surface area (Å²) in [4.78, 5) is 28.2. The van der Waals surface area contributed by atoms with Crippen molar-refractivity contribution in [1.29, 1.82) is 0 Å². The SMILES string of the molecule is Cc1c(NC(=O)C2CCCN(CC(N)=O)C2)c(N2CCCC2)nn1C. The van der Waals surface area contributed by atoms with E-state index in [0.29, 0.717) is 6.54 Å². The molecule has 138 valence electrons. The maximum Gasteiger partial charge on any atom is 0.231 e. The Morgan fingerprint density at radius 2 is 1.96 bits per heavy atom. The second-order valence-corrected chi connectivity index (χ2v) is 7.13. The first-order valence-electron chi connectivity index (χ1n) is 9.05. The van der Waals surface area contributed by atoms with Crippen LogP contribution in [0.3, 0.4) is 0 Å². The highest BCUT2D eigenvalue weighted by Crippen LogP contribution is 2.31. The lowest BCUT2D eigenvalue weighted by molar-refractivity contribution is -0.124. The fourth-order valence-corrected chi connectivity index (χ4v) is 3.75. The van der Waals surface area contributed by atoms with Crippen LogP contribution in [0.25, 0.3) is 0 Å². The van der Waals surface area contributed by atoms with Crippen molar-refractivity contribution < 1.29 is 9.59 Å². The van der Waals surface area contributed by atoms with E-state index in [1.807, 2.05) is 23.6 Å². The van der Waals surface area contributed by atoms with Crippen LogP contribution in [-0.4, -0.2) is 59.2 Å². The topological polar surface area (TPSA) is 96.5 Å². The number of primary amides is 1. The zero-order valence-electron chi connectivity index (χ0n) is 15.1. The van der Waals surface area contributed by atoms with Crippen molar-refractivity contribution in [3.8, 4) is 0 Å². The van der Waals surface area contributed by atoms with Crippen molar-refractivity contribution in [2.45, 2.75) is 32.6 Å². The van der Waals surface area contributed by atoms with Gasteiger partial charge in [0.15, 0.2) is 5.82 Å². The number of hydrogen-bond acceptors (Lipinski definition) is 5. The van der Waals surface area contributed by atoms with E-state index >= 15 is 0 Å². The van der Waals surface area contributed by atoms with Crippen molar-refractivity contribution in [2.75, 3.05) is 42.9 Å². The van der Waals surface area contributed by atoms with Gasteiger partial charge in [0.1, 0.15) is 5.69 Å². The molecule has 0 saturated carbocycles. The van der Waals surface area contributed by atoms with Crippen LogP contribution >= 0.6 is 0 Å². The maximum absolute atomic E-state index is 12.8. The minimum absolute atomic E-state index is 0.00529. The highest BCUT2D eigenvalue weighted by atomic mass is 16.2. The molecule has 3 N–H and O–H groups in total.